The van der Waals surface area contributed by atoms with Crippen molar-refractivity contribution >= 4 is 5.91 Å². The fraction of sp³-hybridized carbons (Fsp3) is 0.567. The third-order valence-corrected chi connectivity index (χ3v) is 9.16. The van der Waals surface area contributed by atoms with Gasteiger partial charge in [-0.25, -0.2) is 9.97 Å². The number of nitrogens with one attached hydrogen (secondary N) is 2. The molecule has 3 fully saturated rings. The van der Waals surface area contributed by atoms with E-state index in [0.29, 0.717) is 24.1 Å². The van der Waals surface area contributed by atoms with Crippen molar-refractivity contribution in [3.05, 3.63) is 71.8 Å². The number of hydrogen-bond donors (Lipinski definition) is 2. The Morgan fingerprint density at radius 2 is 1.53 bits per heavy atom. The average Bonchev–Trinajstić information content (AvgIpc) is 3.74. The number of carbonyl (C=O) groups excluding carboxylic acids is 1. The van der Waals surface area contributed by atoms with E-state index in [9.17, 15) is 4.79 Å². The van der Waals surface area contributed by atoms with Crippen LogP contribution in [-0.4, -0.2) is 72.8 Å². The van der Waals surface area contributed by atoms with E-state index < -0.39 is 0 Å². The molecule has 8 nitrogen and oxygen atoms in total. The lowest BCUT2D eigenvalue weighted by Crippen LogP contribution is -2.43. The molecule has 1 aliphatic carbocycles. The lowest BCUT2D eigenvalue weighted by atomic mass is 9.77. The maximum atomic E-state index is 13.4. The normalized spacial score (nSPS) is 20.7. The standard InChI is InChI=1S/C30H41N7O/c38-29(37(21-27-31-13-14-32-27)22-28-33-15-16-34-28)25-8-6-24(7-9-25)20-35-17-10-30(11-18-35)12-19-36(23-30)26-4-2-1-3-5-26/h6-9,13-16,26H,1-5,10-12,17-23H2,(H,31,32)(H,33,34). The predicted octanol–water partition coefficient (Wildman–Crippen LogP) is 4.60. The first kappa shape index (κ1) is 25.3. The summed E-state index contributed by atoms with van der Waals surface area (Å²) >= 11 is 0. The highest BCUT2D eigenvalue weighted by Crippen LogP contribution is 2.42. The lowest BCUT2D eigenvalue weighted by molar-refractivity contribution is 0.0721. The van der Waals surface area contributed by atoms with Crippen molar-refractivity contribution < 1.29 is 4.79 Å². The highest BCUT2D eigenvalue weighted by molar-refractivity contribution is 5.94. The maximum absolute atomic E-state index is 13.4. The third kappa shape index (κ3) is 5.86. The van der Waals surface area contributed by atoms with Gasteiger partial charge >= 0.3 is 0 Å². The van der Waals surface area contributed by atoms with E-state index >= 15 is 0 Å². The molecular formula is C30H41N7O. The van der Waals surface area contributed by atoms with Crippen molar-refractivity contribution in [3.63, 3.8) is 0 Å². The first-order valence-corrected chi connectivity index (χ1v) is 14.5. The first-order valence-electron chi connectivity index (χ1n) is 14.5. The van der Waals surface area contributed by atoms with Crippen LogP contribution in [0.25, 0.3) is 0 Å². The van der Waals surface area contributed by atoms with Crippen molar-refractivity contribution in [2.45, 2.75) is 77.0 Å². The number of amides is 1. The van der Waals surface area contributed by atoms with Gasteiger partial charge in [-0.05, 0) is 74.8 Å². The molecule has 6 rings (SSSR count). The number of aromatic nitrogens is 4. The molecule has 3 aromatic rings. The lowest BCUT2D eigenvalue weighted by Gasteiger charge is -2.40. The Morgan fingerprint density at radius 3 is 2.13 bits per heavy atom. The zero-order valence-electron chi connectivity index (χ0n) is 22.4. The smallest absolute Gasteiger partial charge is 0.254 e. The van der Waals surface area contributed by atoms with Crippen LogP contribution in [0.2, 0.25) is 0 Å². The summed E-state index contributed by atoms with van der Waals surface area (Å²) in [6.07, 6.45) is 18.1. The fourth-order valence-electron chi connectivity index (χ4n) is 6.84. The zero-order valence-corrected chi connectivity index (χ0v) is 22.4. The van der Waals surface area contributed by atoms with Crippen LogP contribution in [0.3, 0.4) is 0 Å². The number of imidazole rings is 2. The van der Waals surface area contributed by atoms with Gasteiger partial charge in [0.25, 0.3) is 5.91 Å². The van der Waals surface area contributed by atoms with E-state index in [4.69, 9.17) is 0 Å². The molecular weight excluding hydrogens is 474 g/mol. The topological polar surface area (TPSA) is 84.2 Å². The van der Waals surface area contributed by atoms with Crippen LogP contribution in [0.5, 0.6) is 0 Å². The number of carbonyl (C=O) groups is 1. The number of rotatable bonds is 8. The minimum atomic E-state index is -0.0204. The highest BCUT2D eigenvalue weighted by Gasteiger charge is 2.42. The molecule has 0 radical (unpaired) electrons. The summed E-state index contributed by atoms with van der Waals surface area (Å²) in [6, 6.07) is 9.04. The Labute approximate surface area is 225 Å². The molecule has 1 saturated carbocycles. The van der Waals surface area contributed by atoms with Gasteiger partial charge in [-0.15, -0.1) is 0 Å². The van der Waals surface area contributed by atoms with Crippen LogP contribution >= 0.6 is 0 Å². The number of piperidine rings is 1. The van der Waals surface area contributed by atoms with Crippen molar-refractivity contribution in [3.8, 4) is 0 Å². The number of aromatic amines is 2. The molecule has 0 unspecified atom stereocenters. The highest BCUT2D eigenvalue weighted by atomic mass is 16.2. The molecule has 1 spiro atoms. The summed E-state index contributed by atoms with van der Waals surface area (Å²) in [5.41, 5.74) is 2.52. The Morgan fingerprint density at radius 1 is 0.895 bits per heavy atom. The van der Waals surface area contributed by atoms with Crippen LogP contribution in [0.15, 0.2) is 49.1 Å². The number of H-pyrrole nitrogens is 2. The molecule has 1 aromatic carbocycles. The minimum Gasteiger partial charge on any atom is -0.347 e. The second-order valence-corrected chi connectivity index (χ2v) is 11.7. The minimum absolute atomic E-state index is 0.0204. The molecule has 202 valence electrons. The van der Waals surface area contributed by atoms with Gasteiger partial charge in [-0.2, -0.15) is 0 Å². The van der Waals surface area contributed by atoms with Gasteiger partial charge in [-0.1, -0.05) is 31.4 Å². The van der Waals surface area contributed by atoms with Gasteiger partial charge in [0.15, 0.2) is 0 Å². The van der Waals surface area contributed by atoms with Gasteiger partial charge in [0.05, 0.1) is 13.1 Å². The SMILES string of the molecule is O=C(c1ccc(CN2CCC3(CC2)CCN(C2CCCCC2)C3)cc1)N(Cc1ncc[nH]1)Cc1ncc[nH]1. The molecule has 0 bridgehead atoms. The van der Waals surface area contributed by atoms with Crippen LogP contribution in [0, 0.1) is 5.41 Å². The summed E-state index contributed by atoms with van der Waals surface area (Å²) in [6.45, 7) is 6.77. The molecule has 1 amide bonds. The molecule has 2 aromatic heterocycles. The summed E-state index contributed by atoms with van der Waals surface area (Å²) in [4.78, 5) is 35.4. The molecule has 4 heterocycles. The summed E-state index contributed by atoms with van der Waals surface area (Å²) in [5, 5.41) is 0. The molecule has 2 saturated heterocycles. The molecule has 8 heteroatoms. The van der Waals surface area contributed by atoms with Crippen LogP contribution in [0.4, 0.5) is 0 Å². The Balaban J connectivity index is 1.03. The van der Waals surface area contributed by atoms with E-state index in [2.05, 4.69) is 41.9 Å². The second-order valence-electron chi connectivity index (χ2n) is 11.7. The van der Waals surface area contributed by atoms with Crippen molar-refractivity contribution in [2.24, 2.45) is 5.41 Å². The number of nitrogens with zero attached hydrogens (tertiary/aromatic N) is 5. The van der Waals surface area contributed by atoms with Crippen molar-refractivity contribution in [1.82, 2.24) is 34.6 Å². The van der Waals surface area contributed by atoms with Gasteiger partial charge < -0.3 is 14.9 Å². The predicted molar refractivity (Wildman–Crippen MR) is 147 cm³/mol. The molecule has 3 aliphatic rings. The van der Waals surface area contributed by atoms with E-state index in [-0.39, 0.29) is 5.91 Å². The Kier molecular flexibility index (Phi) is 7.60. The molecule has 0 atom stereocenters. The molecule has 2 aliphatic heterocycles. The van der Waals surface area contributed by atoms with E-state index in [1.54, 1.807) is 29.7 Å². The van der Waals surface area contributed by atoms with Crippen molar-refractivity contribution in [2.75, 3.05) is 26.2 Å². The quantitative estimate of drug-likeness (QED) is 0.458. The molecule has 38 heavy (non-hydrogen) atoms. The second kappa shape index (κ2) is 11.4. The summed E-state index contributed by atoms with van der Waals surface area (Å²) in [5.74, 6) is 1.50. The van der Waals surface area contributed by atoms with E-state index in [1.807, 2.05) is 12.1 Å². The van der Waals surface area contributed by atoms with Gasteiger partial charge in [-0.3, -0.25) is 14.6 Å². The Bertz CT molecular complexity index is 1110. The zero-order chi connectivity index (χ0) is 25.8. The van der Waals surface area contributed by atoms with Crippen molar-refractivity contribution in [1.29, 1.82) is 0 Å². The summed E-state index contributed by atoms with van der Waals surface area (Å²) < 4.78 is 0. The fourth-order valence-corrected chi connectivity index (χ4v) is 6.84. The van der Waals surface area contributed by atoms with E-state index in [0.717, 1.165) is 24.2 Å². The van der Waals surface area contributed by atoms with Gasteiger partial charge in [0, 0.05) is 49.5 Å². The van der Waals surface area contributed by atoms with Crippen LogP contribution in [0.1, 0.15) is 78.9 Å². The first-order chi connectivity index (χ1) is 18.7. The maximum Gasteiger partial charge on any atom is 0.254 e. The van der Waals surface area contributed by atoms with Gasteiger partial charge in [0.1, 0.15) is 11.6 Å². The number of likely N-dealkylation sites (tertiary alicyclic amines) is 2. The largest absolute Gasteiger partial charge is 0.347 e. The van der Waals surface area contributed by atoms with Crippen LogP contribution in [-0.2, 0) is 19.6 Å². The molecule has 2 N–H and O–H groups in total. The van der Waals surface area contributed by atoms with Crippen LogP contribution < -0.4 is 0 Å². The Hall–Kier alpha value is -2.97. The summed E-state index contributed by atoms with van der Waals surface area (Å²) in [7, 11) is 0. The average molecular weight is 516 g/mol. The van der Waals surface area contributed by atoms with Gasteiger partial charge in [0.2, 0.25) is 0 Å². The van der Waals surface area contributed by atoms with E-state index in [1.165, 1.54) is 83.1 Å². The third-order valence-electron chi connectivity index (χ3n) is 9.16. The monoisotopic (exact) mass is 515 g/mol. The number of benzene rings is 1. The number of hydrogen-bond acceptors (Lipinski definition) is 5.